The van der Waals surface area contributed by atoms with E-state index in [4.69, 9.17) is 4.74 Å². The predicted molar refractivity (Wildman–Crippen MR) is 73.5 cm³/mol. The minimum atomic E-state index is 0.638. The van der Waals surface area contributed by atoms with Gasteiger partial charge in [0.05, 0.1) is 12.3 Å². The van der Waals surface area contributed by atoms with Crippen LogP contribution in [-0.2, 0) is 4.74 Å². The van der Waals surface area contributed by atoms with Gasteiger partial charge in [-0.05, 0) is 53.7 Å². The van der Waals surface area contributed by atoms with E-state index in [1.54, 1.807) is 7.11 Å². The zero-order valence-corrected chi connectivity index (χ0v) is 12.0. The quantitative estimate of drug-likeness (QED) is 0.858. The van der Waals surface area contributed by atoms with Crippen LogP contribution in [0.1, 0.15) is 18.5 Å². The Balaban J connectivity index is 2.08. The average molecular weight is 299 g/mol. The molecule has 0 N–H and O–H groups in total. The highest BCUT2D eigenvalue weighted by Crippen LogP contribution is 2.24. The molecule has 1 saturated heterocycles. The summed E-state index contributed by atoms with van der Waals surface area (Å²) in [7, 11) is 1.78. The van der Waals surface area contributed by atoms with Crippen molar-refractivity contribution >= 4 is 21.7 Å². The summed E-state index contributed by atoms with van der Waals surface area (Å²) in [5, 5.41) is 0. The number of halogens is 1. The van der Waals surface area contributed by atoms with Crippen molar-refractivity contribution in [3.05, 3.63) is 22.3 Å². The molecule has 1 aromatic heterocycles. The monoisotopic (exact) mass is 298 g/mol. The fourth-order valence-corrected chi connectivity index (χ4v) is 2.57. The smallest absolute Gasteiger partial charge is 0.128 e. The molecule has 1 aliphatic heterocycles. The van der Waals surface area contributed by atoms with E-state index in [0.29, 0.717) is 5.92 Å². The van der Waals surface area contributed by atoms with Crippen LogP contribution in [0.25, 0.3) is 0 Å². The van der Waals surface area contributed by atoms with Crippen LogP contribution in [0.15, 0.2) is 16.6 Å². The first-order chi connectivity index (χ1) is 8.20. The molecule has 1 aromatic rings. The summed E-state index contributed by atoms with van der Waals surface area (Å²) in [5.41, 5.74) is 1.05. The van der Waals surface area contributed by atoms with Crippen molar-refractivity contribution in [2.75, 3.05) is 31.7 Å². The van der Waals surface area contributed by atoms with Crippen molar-refractivity contribution in [3.63, 3.8) is 0 Å². The minimum absolute atomic E-state index is 0.638. The van der Waals surface area contributed by atoms with E-state index in [2.05, 4.69) is 37.9 Å². The molecule has 0 amide bonds. The Hall–Kier alpha value is -0.610. The van der Waals surface area contributed by atoms with Gasteiger partial charge in [0.1, 0.15) is 5.82 Å². The summed E-state index contributed by atoms with van der Waals surface area (Å²) in [5.74, 6) is 1.73. The lowest BCUT2D eigenvalue weighted by atomic mass is 9.99. The summed E-state index contributed by atoms with van der Waals surface area (Å²) < 4.78 is 6.33. The van der Waals surface area contributed by atoms with Gasteiger partial charge < -0.3 is 9.64 Å². The summed E-state index contributed by atoms with van der Waals surface area (Å²) in [6, 6.07) is 4.17. The fraction of sp³-hybridized carbons (Fsp3) is 0.615. The van der Waals surface area contributed by atoms with Crippen LogP contribution in [0.4, 0.5) is 5.82 Å². The molecule has 4 heteroatoms. The largest absolute Gasteiger partial charge is 0.384 e. The van der Waals surface area contributed by atoms with Crippen molar-refractivity contribution in [1.29, 1.82) is 0 Å². The van der Waals surface area contributed by atoms with Crippen molar-refractivity contribution in [2.24, 2.45) is 5.92 Å². The van der Waals surface area contributed by atoms with Gasteiger partial charge in [-0.1, -0.05) is 0 Å². The number of nitrogens with zero attached hydrogens (tertiary/aromatic N) is 2. The molecule has 0 radical (unpaired) electrons. The average Bonchev–Trinajstić information content (AvgIpc) is 2.33. The van der Waals surface area contributed by atoms with Gasteiger partial charge >= 0.3 is 0 Å². The molecule has 1 aliphatic rings. The maximum Gasteiger partial charge on any atom is 0.128 e. The van der Waals surface area contributed by atoms with E-state index in [9.17, 15) is 0 Å². The second kappa shape index (κ2) is 5.83. The van der Waals surface area contributed by atoms with Gasteiger partial charge in [-0.3, -0.25) is 0 Å². The Morgan fingerprint density at radius 2 is 2.35 bits per heavy atom. The molecular formula is C13H19BrN2O. The molecule has 2 heterocycles. The molecule has 0 bridgehead atoms. The molecule has 0 saturated carbocycles. The van der Waals surface area contributed by atoms with E-state index >= 15 is 0 Å². The molecule has 0 aliphatic carbocycles. The van der Waals surface area contributed by atoms with Gasteiger partial charge in [0.15, 0.2) is 0 Å². The Morgan fingerprint density at radius 3 is 3.06 bits per heavy atom. The molecule has 1 atom stereocenters. The fourth-order valence-electron chi connectivity index (χ4n) is 2.35. The highest BCUT2D eigenvalue weighted by molar-refractivity contribution is 9.10. The summed E-state index contributed by atoms with van der Waals surface area (Å²) in [6.07, 6.45) is 2.49. The van der Waals surface area contributed by atoms with E-state index in [1.165, 1.54) is 12.8 Å². The van der Waals surface area contributed by atoms with Crippen molar-refractivity contribution in [1.82, 2.24) is 4.98 Å². The second-order valence-corrected chi connectivity index (χ2v) is 5.50. The Bertz CT molecular complexity index is 382. The van der Waals surface area contributed by atoms with Crippen LogP contribution in [0, 0.1) is 12.8 Å². The first-order valence-electron chi connectivity index (χ1n) is 6.07. The number of aryl methyl sites for hydroxylation is 1. The molecule has 94 valence electrons. The number of aromatic nitrogens is 1. The number of methoxy groups -OCH3 is 1. The van der Waals surface area contributed by atoms with Crippen LogP contribution in [0.3, 0.4) is 0 Å². The lowest BCUT2D eigenvalue weighted by Crippen LogP contribution is -2.37. The van der Waals surface area contributed by atoms with Crippen LogP contribution in [-0.4, -0.2) is 31.8 Å². The first-order valence-corrected chi connectivity index (χ1v) is 6.87. The Morgan fingerprint density at radius 1 is 1.53 bits per heavy atom. The maximum atomic E-state index is 5.25. The highest BCUT2D eigenvalue weighted by Gasteiger charge is 2.20. The number of hydrogen-bond donors (Lipinski definition) is 0. The number of piperidine rings is 1. The number of rotatable bonds is 3. The molecule has 1 unspecified atom stereocenters. The maximum absolute atomic E-state index is 5.25. The number of anilines is 1. The second-order valence-electron chi connectivity index (χ2n) is 4.65. The zero-order chi connectivity index (χ0) is 12.3. The van der Waals surface area contributed by atoms with E-state index in [-0.39, 0.29) is 0 Å². The zero-order valence-electron chi connectivity index (χ0n) is 10.4. The normalized spacial score (nSPS) is 20.6. The minimum Gasteiger partial charge on any atom is -0.384 e. The van der Waals surface area contributed by atoms with Crippen LogP contribution >= 0.6 is 15.9 Å². The lowest BCUT2D eigenvalue weighted by molar-refractivity contribution is 0.143. The third-order valence-corrected chi connectivity index (χ3v) is 4.09. The van der Waals surface area contributed by atoms with Gasteiger partial charge in [0.2, 0.25) is 0 Å². The molecule has 2 rings (SSSR count). The molecule has 0 spiro atoms. The molecule has 17 heavy (non-hydrogen) atoms. The molecule has 1 fully saturated rings. The number of pyridine rings is 1. The first kappa shape index (κ1) is 12.8. The molecule has 3 nitrogen and oxygen atoms in total. The third kappa shape index (κ3) is 3.19. The van der Waals surface area contributed by atoms with Crippen molar-refractivity contribution < 1.29 is 4.74 Å². The Labute approximate surface area is 111 Å². The van der Waals surface area contributed by atoms with Crippen LogP contribution in [0.5, 0.6) is 0 Å². The molecular weight excluding hydrogens is 280 g/mol. The van der Waals surface area contributed by atoms with Gasteiger partial charge in [-0.15, -0.1) is 0 Å². The number of ether oxygens (including phenoxy) is 1. The SMILES string of the molecule is COCC1CCCN(c2ccc(Br)c(C)n2)C1. The summed E-state index contributed by atoms with van der Waals surface area (Å²) in [6.45, 7) is 5.05. The van der Waals surface area contributed by atoms with Crippen LogP contribution in [0.2, 0.25) is 0 Å². The number of hydrogen-bond acceptors (Lipinski definition) is 3. The van der Waals surface area contributed by atoms with Gasteiger partial charge in [0.25, 0.3) is 0 Å². The van der Waals surface area contributed by atoms with E-state index in [0.717, 1.165) is 35.7 Å². The summed E-state index contributed by atoms with van der Waals surface area (Å²) >= 11 is 3.49. The topological polar surface area (TPSA) is 25.4 Å². The Kier molecular flexibility index (Phi) is 4.40. The van der Waals surface area contributed by atoms with Gasteiger partial charge in [0, 0.05) is 24.7 Å². The lowest BCUT2D eigenvalue weighted by Gasteiger charge is -2.33. The molecule has 0 aromatic carbocycles. The predicted octanol–water partition coefficient (Wildman–Crippen LogP) is 3.02. The van der Waals surface area contributed by atoms with E-state index in [1.807, 2.05) is 6.92 Å². The van der Waals surface area contributed by atoms with Crippen molar-refractivity contribution in [3.8, 4) is 0 Å². The van der Waals surface area contributed by atoms with Gasteiger partial charge in [-0.25, -0.2) is 4.98 Å². The van der Waals surface area contributed by atoms with Crippen LogP contribution < -0.4 is 4.90 Å². The van der Waals surface area contributed by atoms with Gasteiger partial charge in [-0.2, -0.15) is 0 Å². The van der Waals surface area contributed by atoms with E-state index < -0.39 is 0 Å². The van der Waals surface area contributed by atoms with Crippen molar-refractivity contribution in [2.45, 2.75) is 19.8 Å². The standard InChI is InChI=1S/C13H19BrN2O/c1-10-12(14)5-6-13(15-10)16-7-3-4-11(8-16)9-17-2/h5-6,11H,3-4,7-9H2,1-2H3. The third-order valence-electron chi connectivity index (χ3n) is 3.25. The summed E-state index contributed by atoms with van der Waals surface area (Å²) in [4.78, 5) is 7.00. The highest BCUT2D eigenvalue weighted by atomic mass is 79.9.